The summed E-state index contributed by atoms with van der Waals surface area (Å²) in [7, 11) is 0. The standard InChI is InChI=1S/C22H33N3O/c1-17-6-2-3-7-18(17)15-25-12-9-20(10-13-25)24-21(26)22-11-5-4-8-19(22)14-23-16-22/h2-3,6-7,19-20,23H,4-5,8-16H2,1H3,(H,24,26)/t19-,22+/m0/s1. The summed E-state index contributed by atoms with van der Waals surface area (Å²) in [6.45, 7) is 7.29. The average molecular weight is 356 g/mol. The maximum absolute atomic E-state index is 13.1. The molecule has 2 atom stereocenters. The Balaban J connectivity index is 1.30. The highest BCUT2D eigenvalue weighted by Gasteiger charge is 2.50. The predicted octanol–water partition coefficient (Wildman–Crippen LogP) is 2.86. The molecule has 2 aliphatic heterocycles. The largest absolute Gasteiger partial charge is 0.353 e. The number of fused-ring (bicyclic) bond motifs is 1. The molecular weight excluding hydrogens is 322 g/mol. The zero-order valence-electron chi connectivity index (χ0n) is 16.1. The Morgan fingerprint density at radius 3 is 2.85 bits per heavy atom. The molecule has 2 saturated heterocycles. The second-order valence-corrected chi connectivity index (χ2v) is 8.68. The van der Waals surface area contributed by atoms with Crippen LogP contribution in [0.25, 0.3) is 0 Å². The minimum Gasteiger partial charge on any atom is -0.353 e. The lowest BCUT2D eigenvalue weighted by Gasteiger charge is -2.39. The molecule has 3 aliphatic rings. The Hall–Kier alpha value is -1.39. The Morgan fingerprint density at radius 2 is 2.04 bits per heavy atom. The maximum Gasteiger partial charge on any atom is 0.228 e. The molecule has 4 nitrogen and oxygen atoms in total. The van der Waals surface area contributed by atoms with Crippen molar-refractivity contribution in [1.29, 1.82) is 0 Å². The zero-order valence-corrected chi connectivity index (χ0v) is 16.1. The number of carbonyl (C=O) groups is 1. The second kappa shape index (κ2) is 7.69. The lowest BCUT2D eigenvalue weighted by molar-refractivity contribution is -0.135. The number of carbonyl (C=O) groups excluding carboxylic acids is 1. The van der Waals surface area contributed by atoms with E-state index in [9.17, 15) is 4.79 Å². The van der Waals surface area contributed by atoms with Gasteiger partial charge in [0.15, 0.2) is 0 Å². The van der Waals surface area contributed by atoms with Crippen molar-refractivity contribution in [2.75, 3.05) is 26.2 Å². The molecule has 26 heavy (non-hydrogen) atoms. The van der Waals surface area contributed by atoms with Crippen LogP contribution >= 0.6 is 0 Å². The molecule has 2 heterocycles. The van der Waals surface area contributed by atoms with Crippen LogP contribution in [0.5, 0.6) is 0 Å². The molecule has 0 unspecified atom stereocenters. The van der Waals surface area contributed by atoms with Crippen LogP contribution in [-0.2, 0) is 11.3 Å². The summed E-state index contributed by atoms with van der Waals surface area (Å²) >= 11 is 0. The molecule has 1 aromatic rings. The fourth-order valence-electron chi connectivity index (χ4n) is 5.28. The number of likely N-dealkylation sites (tertiary alicyclic amines) is 1. The number of nitrogens with one attached hydrogen (secondary N) is 2. The van der Waals surface area contributed by atoms with Crippen LogP contribution in [0.3, 0.4) is 0 Å². The first-order valence-electron chi connectivity index (χ1n) is 10.5. The molecule has 1 aromatic carbocycles. The minimum atomic E-state index is -0.115. The van der Waals surface area contributed by atoms with Gasteiger partial charge in [0.1, 0.15) is 0 Å². The monoisotopic (exact) mass is 355 g/mol. The van der Waals surface area contributed by atoms with Crippen LogP contribution in [0.15, 0.2) is 24.3 Å². The Kier molecular flexibility index (Phi) is 5.32. The highest BCUT2D eigenvalue weighted by molar-refractivity contribution is 5.84. The quantitative estimate of drug-likeness (QED) is 0.873. The van der Waals surface area contributed by atoms with Crippen molar-refractivity contribution in [3.05, 3.63) is 35.4 Å². The van der Waals surface area contributed by atoms with Gasteiger partial charge < -0.3 is 10.6 Å². The van der Waals surface area contributed by atoms with Gasteiger partial charge in [-0.3, -0.25) is 9.69 Å². The van der Waals surface area contributed by atoms with Crippen molar-refractivity contribution < 1.29 is 4.79 Å². The molecule has 0 bridgehead atoms. The van der Waals surface area contributed by atoms with Crippen molar-refractivity contribution in [2.45, 2.75) is 58.0 Å². The van der Waals surface area contributed by atoms with E-state index in [1.165, 1.54) is 30.4 Å². The van der Waals surface area contributed by atoms with Crippen molar-refractivity contribution in [1.82, 2.24) is 15.5 Å². The average Bonchev–Trinajstić information content (AvgIpc) is 3.10. The van der Waals surface area contributed by atoms with Gasteiger partial charge in [-0.05, 0) is 56.2 Å². The maximum atomic E-state index is 13.1. The number of nitrogens with zero attached hydrogens (tertiary/aromatic N) is 1. The van der Waals surface area contributed by atoms with Gasteiger partial charge >= 0.3 is 0 Å². The topological polar surface area (TPSA) is 44.4 Å². The van der Waals surface area contributed by atoms with E-state index in [4.69, 9.17) is 0 Å². The predicted molar refractivity (Wildman–Crippen MR) is 105 cm³/mol. The van der Waals surface area contributed by atoms with Gasteiger partial charge in [-0.15, -0.1) is 0 Å². The van der Waals surface area contributed by atoms with Crippen molar-refractivity contribution in [2.24, 2.45) is 11.3 Å². The third-order valence-electron chi connectivity index (χ3n) is 7.07. The number of hydrogen-bond acceptors (Lipinski definition) is 3. The second-order valence-electron chi connectivity index (χ2n) is 8.68. The summed E-state index contributed by atoms with van der Waals surface area (Å²) in [4.78, 5) is 15.7. The summed E-state index contributed by atoms with van der Waals surface area (Å²) in [5, 5.41) is 6.93. The van der Waals surface area contributed by atoms with Crippen molar-refractivity contribution in [3.63, 3.8) is 0 Å². The van der Waals surface area contributed by atoms with Crippen LogP contribution < -0.4 is 10.6 Å². The van der Waals surface area contributed by atoms with E-state index in [0.717, 1.165) is 52.0 Å². The van der Waals surface area contributed by atoms with Crippen LogP contribution in [0, 0.1) is 18.3 Å². The number of benzene rings is 1. The van der Waals surface area contributed by atoms with Crippen LogP contribution in [0.2, 0.25) is 0 Å². The molecular formula is C22H33N3O. The highest BCUT2D eigenvalue weighted by atomic mass is 16.2. The van der Waals surface area contributed by atoms with Crippen LogP contribution in [0.4, 0.5) is 0 Å². The third kappa shape index (κ3) is 3.54. The lowest BCUT2D eigenvalue weighted by Crippen LogP contribution is -2.53. The molecule has 1 saturated carbocycles. The van der Waals surface area contributed by atoms with E-state index < -0.39 is 0 Å². The molecule has 142 valence electrons. The molecule has 1 aliphatic carbocycles. The zero-order chi connectivity index (χ0) is 18.0. The van der Waals surface area contributed by atoms with Crippen molar-refractivity contribution >= 4 is 5.91 Å². The van der Waals surface area contributed by atoms with E-state index in [-0.39, 0.29) is 5.41 Å². The van der Waals surface area contributed by atoms with E-state index in [0.29, 0.717) is 17.9 Å². The molecule has 0 radical (unpaired) electrons. The molecule has 4 rings (SSSR count). The summed E-state index contributed by atoms with van der Waals surface area (Å²) < 4.78 is 0. The van der Waals surface area contributed by atoms with Gasteiger partial charge in [-0.2, -0.15) is 0 Å². The summed E-state index contributed by atoms with van der Waals surface area (Å²) in [5.41, 5.74) is 2.69. The normalized spacial score (nSPS) is 30.1. The fraction of sp³-hybridized carbons (Fsp3) is 0.682. The van der Waals surface area contributed by atoms with E-state index >= 15 is 0 Å². The number of amides is 1. The number of rotatable bonds is 4. The summed E-state index contributed by atoms with van der Waals surface area (Å²) in [5.74, 6) is 0.891. The third-order valence-corrected chi connectivity index (χ3v) is 7.07. The molecule has 0 spiro atoms. The fourth-order valence-corrected chi connectivity index (χ4v) is 5.28. The van der Waals surface area contributed by atoms with Crippen LogP contribution in [-0.4, -0.2) is 43.0 Å². The van der Waals surface area contributed by atoms with Crippen LogP contribution in [0.1, 0.15) is 49.7 Å². The Labute approximate surface area is 157 Å². The molecule has 3 fully saturated rings. The Morgan fingerprint density at radius 1 is 1.23 bits per heavy atom. The molecule has 4 heteroatoms. The van der Waals surface area contributed by atoms with E-state index in [1.54, 1.807) is 0 Å². The van der Waals surface area contributed by atoms with Gasteiger partial charge in [0.05, 0.1) is 5.41 Å². The Bertz CT molecular complexity index is 638. The van der Waals surface area contributed by atoms with Gasteiger partial charge in [0.2, 0.25) is 5.91 Å². The van der Waals surface area contributed by atoms with E-state index in [2.05, 4.69) is 46.7 Å². The molecule has 1 amide bonds. The smallest absolute Gasteiger partial charge is 0.228 e. The first kappa shape index (κ1) is 18.0. The SMILES string of the molecule is Cc1ccccc1CN1CCC(NC(=O)[C@@]23CCCC[C@H]2CNC3)CC1. The van der Waals surface area contributed by atoms with Gasteiger partial charge in [0, 0.05) is 32.2 Å². The number of piperidine rings is 1. The number of hydrogen-bond donors (Lipinski definition) is 2. The first-order valence-corrected chi connectivity index (χ1v) is 10.5. The lowest BCUT2D eigenvalue weighted by atomic mass is 9.67. The van der Waals surface area contributed by atoms with Crippen molar-refractivity contribution in [3.8, 4) is 0 Å². The van der Waals surface area contributed by atoms with Gasteiger partial charge in [-0.25, -0.2) is 0 Å². The van der Waals surface area contributed by atoms with Gasteiger partial charge in [-0.1, -0.05) is 37.1 Å². The summed E-state index contributed by atoms with van der Waals surface area (Å²) in [6.07, 6.45) is 6.94. The first-order chi connectivity index (χ1) is 12.7. The highest BCUT2D eigenvalue weighted by Crippen LogP contribution is 2.44. The van der Waals surface area contributed by atoms with E-state index in [1.807, 2.05) is 0 Å². The number of aryl methyl sites for hydroxylation is 1. The molecule has 2 N–H and O–H groups in total. The van der Waals surface area contributed by atoms with Gasteiger partial charge in [0.25, 0.3) is 0 Å². The minimum absolute atomic E-state index is 0.115. The summed E-state index contributed by atoms with van der Waals surface area (Å²) in [6, 6.07) is 9.02. The molecule has 0 aromatic heterocycles.